The molecule has 1 aliphatic carbocycles. The molecule has 0 saturated carbocycles. The van der Waals surface area contributed by atoms with Gasteiger partial charge in [-0.25, -0.2) is 4.99 Å². The van der Waals surface area contributed by atoms with Gasteiger partial charge in [0.25, 0.3) is 5.91 Å². The van der Waals surface area contributed by atoms with Gasteiger partial charge in [-0.2, -0.15) is 0 Å². The van der Waals surface area contributed by atoms with E-state index in [9.17, 15) is 4.79 Å². The molecule has 0 bridgehead atoms. The fourth-order valence-corrected chi connectivity index (χ4v) is 3.39. The van der Waals surface area contributed by atoms with Crippen LogP contribution in [0.15, 0.2) is 65.3 Å². The summed E-state index contributed by atoms with van der Waals surface area (Å²) < 4.78 is 0. The highest BCUT2D eigenvalue weighted by Crippen LogP contribution is 2.35. The molecule has 23 heavy (non-hydrogen) atoms. The second-order valence-corrected chi connectivity index (χ2v) is 6.00. The number of hydrogen-bond donors (Lipinski definition) is 0. The number of amides is 1. The Morgan fingerprint density at radius 1 is 0.957 bits per heavy atom. The molecule has 0 aromatic heterocycles. The van der Waals surface area contributed by atoms with E-state index in [-0.39, 0.29) is 5.91 Å². The van der Waals surface area contributed by atoms with E-state index in [2.05, 4.69) is 18.2 Å². The SMILES string of the molecule is CN1C(=O)/C(=C2\CCCc3ccccc32)N=C1c1ccccc1. The molecule has 2 aromatic rings. The van der Waals surface area contributed by atoms with Crippen molar-refractivity contribution in [3.05, 3.63) is 77.0 Å². The lowest BCUT2D eigenvalue weighted by molar-refractivity contribution is -0.121. The van der Waals surface area contributed by atoms with Crippen LogP contribution in [-0.4, -0.2) is 23.7 Å². The largest absolute Gasteiger partial charge is 0.294 e. The lowest BCUT2D eigenvalue weighted by Crippen LogP contribution is -2.28. The maximum atomic E-state index is 12.8. The number of fused-ring (bicyclic) bond motifs is 1. The van der Waals surface area contributed by atoms with Crippen LogP contribution in [0.2, 0.25) is 0 Å². The number of likely N-dealkylation sites (N-methyl/N-ethyl adjacent to an activating group) is 1. The summed E-state index contributed by atoms with van der Waals surface area (Å²) in [7, 11) is 1.80. The molecule has 3 heteroatoms. The lowest BCUT2D eigenvalue weighted by Gasteiger charge is -2.19. The highest BCUT2D eigenvalue weighted by atomic mass is 16.2. The van der Waals surface area contributed by atoms with Gasteiger partial charge in [0, 0.05) is 12.6 Å². The topological polar surface area (TPSA) is 32.7 Å². The van der Waals surface area contributed by atoms with E-state index in [0.29, 0.717) is 5.70 Å². The van der Waals surface area contributed by atoms with E-state index in [1.54, 1.807) is 11.9 Å². The van der Waals surface area contributed by atoms with E-state index >= 15 is 0 Å². The van der Waals surface area contributed by atoms with Crippen LogP contribution in [0.3, 0.4) is 0 Å². The smallest absolute Gasteiger partial charge is 0.278 e. The Kier molecular flexibility index (Phi) is 3.34. The summed E-state index contributed by atoms with van der Waals surface area (Å²) in [6.07, 6.45) is 3.06. The van der Waals surface area contributed by atoms with Crippen LogP contribution in [0.1, 0.15) is 29.5 Å². The molecule has 0 N–H and O–H groups in total. The molecule has 0 fully saturated rings. The summed E-state index contributed by atoms with van der Waals surface area (Å²) in [6.45, 7) is 0. The lowest BCUT2D eigenvalue weighted by atomic mass is 9.86. The summed E-state index contributed by atoms with van der Waals surface area (Å²) >= 11 is 0. The number of rotatable bonds is 1. The number of amidine groups is 1. The van der Waals surface area contributed by atoms with Crippen LogP contribution < -0.4 is 0 Å². The molecule has 0 spiro atoms. The van der Waals surface area contributed by atoms with Crippen LogP contribution in [0.25, 0.3) is 5.57 Å². The fraction of sp³-hybridized carbons (Fsp3) is 0.200. The summed E-state index contributed by atoms with van der Waals surface area (Å²) in [6, 6.07) is 18.3. The normalized spacial score (nSPS) is 20.5. The Balaban J connectivity index is 1.87. The Bertz CT molecular complexity index is 834. The average molecular weight is 302 g/mol. The van der Waals surface area contributed by atoms with Crippen LogP contribution in [0.5, 0.6) is 0 Å². The first-order valence-electron chi connectivity index (χ1n) is 7.99. The molecule has 114 valence electrons. The van der Waals surface area contributed by atoms with Crippen molar-refractivity contribution in [2.24, 2.45) is 4.99 Å². The van der Waals surface area contributed by atoms with Gasteiger partial charge >= 0.3 is 0 Å². The first kappa shape index (κ1) is 13.9. The molecule has 1 aliphatic heterocycles. The van der Waals surface area contributed by atoms with Gasteiger partial charge in [-0.05, 0) is 36.0 Å². The average Bonchev–Trinajstić information content (AvgIpc) is 2.91. The predicted molar refractivity (Wildman–Crippen MR) is 92.0 cm³/mol. The number of carbonyl (C=O) groups is 1. The van der Waals surface area contributed by atoms with Crippen molar-refractivity contribution >= 4 is 17.3 Å². The van der Waals surface area contributed by atoms with Crippen LogP contribution in [0, 0.1) is 0 Å². The molecule has 0 saturated heterocycles. The summed E-state index contributed by atoms with van der Waals surface area (Å²) in [5.74, 6) is 0.733. The zero-order valence-corrected chi connectivity index (χ0v) is 13.1. The molecule has 0 radical (unpaired) electrons. The van der Waals surface area contributed by atoms with Crippen LogP contribution in [0.4, 0.5) is 0 Å². The number of hydrogen-bond acceptors (Lipinski definition) is 2. The van der Waals surface area contributed by atoms with Gasteiger partial charge in [-0.3, -0.25) is 9.69 Å². The second-order valence-electron chi connectivity index (χ2n) is 6.00. The maximum Gasteiger partial charge on any atom is 0.278 e. The van der Waals surface area contributed by atoms with Crippen molar-refractivity contribution < 1.29 is 4.79 Å². The number of nitrogens with zero attached hydrogens (tertiary/aromatic N) is 2. The Hall–Kier alpha value is -2.68. The first-order chi connectivity index (χ1) is 11.3. The Labute approximate surface area is 136 Å². The second kappa shape index (κ2) is 5.51. The zero-order chi connectivity index (χ0) is 15.8. The van der Waals surface area contributed by atoms with Crippen molar-refractivity contribution in [3.63, 3.8) is 0 Å². The molecule has 0 atom stereocenters. The quantitative estimate of drug-likeness (QED) is 0.740. The van der Waals surface area contributed by atoms with Gasteiger partial charge < -0.3 is 0 Å². The first-order valence-corrected chi connectivity index (χ1v) is 7.99. The molecule has 2 aromatic carbocycles. The van der Waals surface area contributed by atoms with Crippen LogP contribution >= 0.6 is 0 Å². The highest BCUT2D eigenvalue weighted by molar-refractivity contribution is 6.20. The standard InChI is InChI=1S/C20H18N2O/c1-22-19(15-9-3-2-4-10-15)21-18(20(22)23)17-13-7-11-14-8-5-6-12-16(14)17/h2-6,8-10,12H,7,11,13H2,1H3/b18-17-. The van der Waals surface area contributed by atoms with E-state index in [4.69, 9.17) is 4.99 Å². The van der Waals surface area contributed by atoms with Crippen molar-refractivity contribution in [2.75, 3.05) is 7.05 Å². The van der Waals surface area contributed by atoms with Gasteiger partial charge in [-0.15, -0.1) is 0 Å². The summed E-state index contributed by atoms with van der Waals surface area (Å²) in [5.41, 5.74) is 5.19. The van der Waals surface area contributed by atoms with E-state index < -0.39 is 0 Å². The van der Waals surface area contributed by atoms with Gasteiger partial charge in [0.2, 0.25) is 0 Å². The molecule has 2 aliphatic rings. The Morgan fingerprint density at radius 3 is 2.52 bits per heavy atom. The van der Waals surface area contributed by atoms with Gasteiger partial charge in [-0.1, -0.05) is 54.6 Å². The third kappa shape index (κ3) is 2.29. The van der Waals surface area contributed by atoms with Gasteiger partial charge in [0.15, 0.2) is 0 Å². The van der Waals surface area contributed by atoms with E-state index in [1.165, 1.54) is 11.1 Å². The predicted octanol–water partition coefficient (Wildman–Crippen LogP) is 3.65. The molecule has 3 nitrogen and oxygen atoms in total. The van der Waals surface area contributed by atoms with Crippen molar-refractivity contribution in [1.82, 2.24) is 4.90 Å². The minimum Gasteiger partial charge on any atom is -0.294 e. The Morgan fingerprint density at radius 2 is 1.70 bits per heavy atom. The third-order valence-corrected chi connectivity index (χ3v) is 4.58. The monoisotopic (exact) mass is 302 g/mol. The highest BCUT2D eigenvalue weighted by Gasteiger charge is 2.31. The third-order valence-electron chi connectivity index (χ3n) is 4.58. The summed E-state index contributed by atoms with van der Waals surface area (Å²) in [4.78, 5) is 19.1. The number of allylic oxidation sites excluding steroid dienone is 1. The summed E-state index contributed by atoms with van der Waals surface area (Å²) in [5, 5.41) is 0. The molecule has 4 rings (SSSR count). The van der Waals surface area contributed by atoms with E-state index in [0.717, 1.165) is 36.2 Å². The number of aryl methyl sites for hydroxylation is 1. The molecular formula is C20H18N2O. The number of carbonyl (C=O) groups excluding carboxylic acids is 1. The fourth-order valence-electron chi connectivity index (χ4n) is 3.39. The van der Waals surface area contributed by atoms with Crippen molar-refractivity contribution in [1.29, 1.82) is 0 Å². The zero-order valence-electron chi connectivity index (χ0n) is 13.1. The molecule has 1 heterocycles. The van der Waals surface area contributed by atoms with Crippen molar-refractivity contribution in [3.8, 4) is 0 Å². The number of aliphatic imine (C=N–C) groups is 1. The van der Waals surface area contributed by atoms with Crippen molar-refractivity contribution in [2.45, 2.75) is 19.3 Å². The minimum absolute atomic E-state index is 0.00411. The van der Waals surface area contributed by atoms with Gasteiger partial charge in [0.05, 0.1) is 0 Å². The molecule has 1 amide bonds. The molecule has 0 unspecified atom stereocenters. The van der Waals surface area contributed by atoms with E-state index in [1.807, 2.05) is 36.4 Å². The number of benzene rings is 2. The minimum atomic E-state index is -0.00411. The molecular weight excluding hydrogens is 284 g/mol. The van der Waals surface area contributed by atoms with Gasteiger partial charge in [0.1, 0.15) is 11.5 Å². The maximum absolute atomic E-state index is 12.8. The van der Waals surface area contributed by atoms with Crippen LogP contribution in [-0.2, 0) is 11.2 Å².